The summed E-state index contributed by atoms with van der Waals surface area (Å²) in [5.41, 5.74) is 5.54. The fraction of sp³-hybridized carbons (Fsp3) is 0.875. The summed E-state index contributed by atoms with van der Waals surface area (Å²) in [7, 11) is 0. The lowest BCUT2D eigenvalue weighted by Gasteiger charge is -2.30. The van der Waals surface area contributed by atoms with Crippen LogP contribution in [0.4, 0.5) is 4.79 Å². The molecule has 1 amide bonds. The van der Waals surface area contributed by atoms with Gasteiger partial charge in [0.15, 0.2) is 0 Å². The second-order valence-corrected chi connectivity index (χ2v) is 3.34. The monoisotopic (exact) mass is 172 g/mol. The van der Waals surface area contributed by atoms with Crippen LogP contribution in [0, 0.1) is 5.92 Å². The number of nitrogens with two attached hydrogens (primary N) is 1. The molecule has 2 atom stereocenters. The maximum absolute atomic E-state index is 10.4. The minimum Gasteiger partial charge on any atom is -0.465 e. The van der Waals surface area contributed by atoms with Gasteiger partial charge in [-0.2, -0.15) is 0 Å². The van der Waals surface area contributed by atoms with Gasteiger partial charge in [0.25, 0.3) is 0 Å². The smallest absolute Gasteiger partial charge is 0.404 e. The van der Waals surface area contributed by atoms with E-state index >= 15 is 0 Å². The molecule has 0 aromatic rings. The third-order valence-electron chi connectivity index (χ3n) is 2.52. The van der Waals surface area contributed by atoms with Gasteiger partial charge in [-0.1, -0.05) is 12.8 Å². The highest BCUT2D eigenvalue weighted by atomic mass is 16.4. The summed E-state index contributed by atoms with van der Waals surface area (Å²) in [6.45, 7) is 0.588. The van der Waals surface area contributed by atoms with Crippen molar-refractivity contribution in [2.75, 3.05) is 6.54 Å². The largest absolute Gasteiger partial charge is 0.465 e. The van der Waals surface area contributed by atoms with Crippen LogP contribution in [0.1, 0.15) is 25.7 Å². The molecular weight excluding hydrogens is 156 g/mol. The molecule has 1 aliphatic rings. The third kappa shape index (κ3) is 2.37. The third-order valence-corrected chi connectivity index (χ3v) is 2.52. The molecule has 0 saturated heterocycles. The molecule has 70 valence electrons. The van der Waals surface area contributed by atoms with Crippen molar-refractivity contribution in [3.8, 4) is 0 Å². The van der Waals surface area contributed by atoms with Crippen LogP contribution in [-0.4, -0.2) is 23.8 Å². The van der Waals surface area contributed by atoms with Crippen molar-refractivity contribution in [3.05, 3.63) is 0 Å². The molecule has 0 bridgehead atoms. The van der Waals surface area contributed by atoms with E-state index in [1.165, 1.54) is 6.42 Å². The van der Waals surface area contributed by atoms with Gasteiger partial charge in [0, 0.05) is 6.04 Å². The number of rotatable bonds is 2. The van der Waals surface area contributed by atoms with Gasteiger partial charge in [0.1, 0.15) is 0 Å². The molecule has 12 heavy (non-hydrogen) atoms. The standard InChI is InChI=1S/C8H16N2O2/c9-5-6-3-1-2-4-7(6)10-8(11)12/h6-7,10H,1-5,9H2,(H,11,12)/t6-,7+/m1/s1. The van der Waals surface area contributed by atoms with Crippen LogP contribution < -0.4 is 11.1 Å². The predicted molar refractivity (Wildman–Crippen MR) is 46.0 cm³/mol. The Kier molecular flexibility index (Phi) is 3.34. The van der Waals surface area contributed by atoms with Crippen molar-refractivity contribution in [3.63, 3.8) is 0 Å². The number of carbonyl (C=O) groups is 1. The van der Waals surface area contributed by atoms with E-state index in [0.29, 0.717) is 12.5 Å². The Morgan fingerprint density at radius 1 is 1.50 bits per heavy atom. The molecule has 1 aliphatic carbocycles. The fourth-order valence-corrected chi connectivity index (χ4v) is 1.84. The maximum atomic E-state index is 10.4. The molecule has 0 heterocycles. The van der Waals surface area contributed by atoms with E-state index < -0.39 is 6.09 Å². The lowest BCUT2D eigenvalue weighted by molar-refractivity contribution is 0.176. The van der Waals surface area contributed by atoms with Crippen LogP contribution in [-0.2, 0) is 0 Å². The quantitative estimate of drug-likeness (QED) is 0.576. The van der Waals surface area contributed by atoms with Crippen molar-refractivity contribution >= 4 is 6.09 Å². The van der Waals surface area contributed by atoms with E-state index in [1.54, 1.807) is 0 Å². The molecule has 4 heteroatoms. The molecule has 1 rings (SSSR count). The molecule has 0 aromatic carbocycles. The summed E-state index contributed by atoms with van der Waals surface area (Å²) in [6, 6.07) is 0.0845. The predicted octanol–water partition coefficient (Wildman–Crippen LogP) is 0.772. The van der Waals surface area contributed by atoms with Gasteiger partial charge in [0.2, 0.25) is 0 Å². The lowest BCUT2D eigenvalue weighted by atomic mass is 9.85. The van der Waals surface area contributed by atoms with Crippen LogP contribution in [0.15, 0.2) is 0 Å². The fourth-order valence-electron chi connectivity index (χ4n) is 1.84. The molecule has 4 N–H and O–H groups in total. The number of amides is 1. The molecule has 0 aromatic heterocycles. The Hall–Kier alpha value is -0.770. The average molecular weight is 172 g/mol. The summed E-state index contributed by atoms with van der Waals surface area (Å²) in [5.74, 6) is 0.342. The van der Waals surface area contributed by atoms with E-state index in [0.717, 1.165) is 19.3 Å². The van der Waals surface area contributed by atoms with Crippen molar-refractivity contribution in [1.82, 2.24) is 5.32 Å². The first kappa shape index (κ1) is 9.32. The van der Waals surface area contributed by atoms with Crippen molar-refractivity contribution in [2.45, 2.75) is 31.7 Å². The van der Waals surface area contributed by atoms with Gasteiger partial charge >= 0.3 is 6.09 Å². The maximum Gasteiger partial charge on any atom is 0.404 e. The SMILES string of the molecule is NC[C@H]1CCCC[C@@H]1NC(=O)O. The van der Waals surface area contributed by atoms with Crippen LogP contribution in [0.3, 0.4) is 0 Å². The van der Waals surface area contributed by atoms with Crippen molar-refractivity contribution in [2.24, 2.45) is 11.7 Å². The molecule has 0 radical (unpaired) electrons. The van der Waals surface area contributed by atoms with Gasteiger partial charge in [-0.15, -0.1) is 0 Å². The first-order valence-corrected chi connectivity index (χ1v) is 4.43. The Balaban J connectivity index is 2.41. The topological polar surface area (TPSA) is 75.3 Å². The Bertz CT molecular complexity index is 161. The van der Waals surface area contributed by atoms with E-state index in [4.69, 9.17) is 10.8 Å². The highest BCUT2D eigenvalue weighted by Gasteiger charge is 2.24. The summed E-state index contributed by atoms with van der Waals surface area (Å²) in [4.78, 5) is 10.4. The van der Waals surface area contributed by atoms with Crippen LogP contribution in [0.25, 0.3) is 0 Å². The molecule has 0 aliphatic heterocycles. The second kappa shape index (κ2) is 4.30. The van der Waals surface area contributed by atoms with Gasteiger partial charge in [-0.3, -0.25) is 0 Å². The first-order chi connectivity index (χ1) is 5.74. The minimum absolute atomic E-state index is 0.0845. The molecule has 0 spiro atoms. The average Bonchev–Trinajstić information content (AvgIpc) is 2.04. The van der Waals surface area contributed by atoms with Crippen LogP contribution in [0.5, 0.6) is 0 Å². The molecule has 0 unspecified atom stereocenters. The zero-order valence-corrected chi connectivity index (χ0v) is 7.12. The van der Waals surface area contributed by atoms with Gasteiger partial charge in [-0.25, -0.2) is 4.79 Å². The van der Waals surface area contributed by atoms with E-state index in [9.17, 15) is 4.79 Å². The van der Waals surface area contributed by atoms with Crippen LogP contribution >= 0.6 is 0 Å². The highest BCUT2D eigenvalue weighted by molar-refractivity contribution is 5.64. The van der Waals surface area contributed by atoms with Gasteiger partial charge in [-0.05, 0) is 25.3 Å². The molecule has 1 saturated carbocycles. The Morgan fingerprint density at radius 3 is 2.75 bits per heavy atom. The lowest BCUT2D eigenvalue weighted by Crippen LogP contribution is -2.44. The first-order valence-electron chi connectivity index (χ1n) is 4.43. The summed E-state index contributed by atoms with van der Waals surface area (Å²) in [5, 5.41) is 11.0. The van der Waals surface area contributed by atoms with E-state index in [1.807, 2.05) is 0 Å². The minimum atomic E-state index is -0.930. The number of nitrogens with one attached hydrogen (secondary N) is 1. The number of hydrogen-bond donors (Lipinski definition) is 3. The molecule has 1 fully saturated rings. The summed E-state index contributed by atoms with van der Waals surface area (Å²) >= 11 is 0. The molecular formula is C8H16N2O2. The molecule has 4 nitrogen and oxygen atoms in total. The number of carboxylic acid groups (broad SMARTS) is 1. The zero-order chi connectivity index (χ0) is 8.97. The van der Waals surface area contributed by atoms with E-state index in [2.05, 4.69) is 5.32 Å². The normalized spacial score (nSPS) is 29.8. The summed E-state index contributed by atoms with van der Waals surface area (Å²) < 4.78 is 0. The summed E-state index contributed by atoms with van der Waals surface area (Å²) in [6.07, 6.45) is 3.36. The Labute approximate surface area is 72.1 Å². The van der Waals surface area contributed by atoms with E-state index in [-0.39, 0.29) is 6.04 Å². The second-order valence-electron chi connectivity index (χ2n) is 3.34. The van der Waals surface area contributed by atoms with Crippen molar-refractivity contribution in [1.29, 1.82) is 0 Å². The van der Waals surface area contributed by atoms with Gasteiger partial charge in [0.05, 0.1) is 0 Å². The zero-order valence-electron chi connectivity index (χ0n) is 7.12. The number of hydrogen-bond acceptors (Lipinski definition) is 2. The highest BCUT2D eigenvalue weighted by Crippen LogP contribution is 2.23. The Morgan fingerprint density at radius 2 is 2.17 bits per heavy atom. The van der Waals surface area contributed by atoms with Crippen molar-refractivity contribution < 1.29 is 9.90 Å². The van der Waals surface area contributed by atoms with Gasteiger partial charge < -0.3 is 16.2 Å². The van der Waals surface area contributed by atoms with Crippen LogP contribution in [0.2, 0.25) is 0 Å².